The molecule has 128 valence electrons. The van der Waals surface area contributed by atoms with Gasteiger partial charge in [-0.05, 0) is 49.9 Å². The lowest BCUT2D eigenvalue weighted by Gasteiger charge is -2.32. The van der Waals surface area contributed by atoms with Gasteiger partial charge < -0.3 is 15.2 Å². The van der Waals surface area contributed by atoms with E-state index in [9.17, 15) is 4.79 Å². The highest BCUT2D eigenvalue weighted by atomic mass is 16.2. The molecule has 0 bridgehead atoms. The number of benzene rings is 1. The fraction of sp³-hybridized carbons (Fsp3) is 0.526. The van der Waals surface area contributed by atoms with Crippen molar-refractivity contribution in [1.82, 2.24) is 20.1 Å². The Morgan fingerprint density at radius 1 is 1.17 bits per heavy atom. The van der Waals surface area contributed by atoms with Crippen LogP contribution in [0.2, 0.25) is 0 Å². The molecule has 5 nitrogen and oxygen atoms in total. The number of para-hydroxylation sites is 1. The van der Waals surface area contributed by atoms with E-state index in [-0.39, 0.29) is 6.03 Å². The number of aromatic nitrogens is 1. The molecule has 5 heteroatoms. The molecular weight excluding hydrogens is 300 g/mol. The van der Waals surface area contributed by atoms with Gasteiger partial charge >= 0.3 is 6.03 Å². The van der Waals surface area contributed by atoms with Crippen LogP contribution in [0.5, 0.6) is 0 Å². The fourth-order valence-electron chi connectivity index (χ4n) is 4.02. The van der Waals surface area contributed by atoms with Crippen LogP contribution in [0, 0.1) is 0 Å². The van der Waals surface area contributed by atoms with Crippen molar-refractivity contribution in [3.63, 3.8) is 0 Å². The van der Waals surface area contributed by atoms with Crippen molar-refractivity contribution in [2.75, 3.05) is 26.2 Å². The summed E-state index contributed by atoms with van der Waals surface area (Å²) in [6.07, 6.45) is 5.09. The highest BCUT2D eigenvalue weighted by molar-refractivity contribution is 5.80. The van der Waals surface area contributed by atoms with E-state index in [1.807, 2.05) is 17.0 Å². The lowest BCUT2D eigenvalue weighted by molar-refractivity contribution is 0.161. The molecule has 0 radical (unpaired) electrons. The first-order valence-corrected chi connectivity index (χ1v) is 9.13. The maximum atomic E-state index is 12.4. The summed E-state index contributed by atoms with van der Waals surface area (Å²) in [7, 11) is 0. The molecule has 2 aliphatic heterocycles. The minimum Gasteiger partial charge on any atom is -0.357 e. The molecule has 2 N–H and O–H groups in total. The van der Waals surface area contributed by atoms with Gasteiger partial charge in [-0.2, -0.15) is 0 Å². The summed E-state index contributed by atoms with van der Waals surface area (Å²) in [6.45, 7) is 4.71. The van der Waals surface area contributed by atoms with Crippen LogP contribution in [0.25, 0.3) is 10.9 Å². The Balaban J connectivity index is 1.30. The fourth-order valence-corrected chi connectivity index (χ4v) is 4.02. The van der Waals surface area contributed by atoms with E-state index in [4.69, 9.17) is 0 Å². The molecule has 3 heterocycles. The second kappa shape index (κ2) is 6.85. The summed E-state index contributed by atoms with van der Waals surface area (Å²) in [5.41, 5.74) is 2.17. The second-order valence-electron chi connectivity index (χ2n) is 7.03. The predicted octanol–water partition coefficient (Wildman–Crippen LogP) is 2.94. The Morgan fingerprint density at radius 3 is 2.83 bits per heavy atom. The molecule has 0 unspecified atom stereocenters. The number of likely N-dealkylation sites (tertiary alicyclic amines) is 2. The molecule has 1 aromatic carbocycles. The Bertz CT molecular complexity index is 671. The van der Waals surface area contributed by atoms with E-state index in [1.54, 1.807) is 0 Å². The topological polar surface area (TPSA) is 51.4 Å². The molecule has 24 heavy (non-hydrogen) atoms. The van der Waals surface area contributed by atoms with Crippen molar-refractivity contribution in [3.8, 4) is 0 Å². The van der Waals surface area contributed by atoms with Crippen molar-refractivity contribution in [1.29, 1.82) is 0 Å². The normalized spacial score (nSPS) is 22.2. The molecule has 2 aliphatic rings. The first-order chi connectivity index (χ1) is 11.8. The summed E-state index contributed by atoms with van der Waals surface area (Å²) < 4.78 is 0. The van der Waals surface area contributed by atoms with E-state index < -0.39 is 0 Å². The number of nitrogens with zero attached hydrogens (tertiary/aromatic N) is 2. The van der Waals surface area contributed by atoms with Crippen molar-refractivity contribution in [2.45, 2.75) is 38.3 Å². The van der Waals surface area contributed by atoms with Gasteiger partial charge in [0.15, 0.2) is 0 Å². The van der Waals surface area contributed by atoms with Gasteiger partial charge in [0, 0.05) is 30.3 Å². The zero-order valence-corrected chi connectivity index (χ0v) is 14.1. The zero-order valence-electron chi connectivity index (χ0n) is 14.1. The number of nitrogens with one attached hydrogen (secondary N) is 2. The summed E-state index contributed by atoms with van der Waals surface area (Å²) in [5, 5.41) is 4.25. The third kappa shape index (κ3) is 3.26. The zero-order chi connectivity index (χ0) is 16.4. The smallest absolute Gasteiger partial charge is 0.317 e. The molecule has 2 fully saturated rings. The van der Waals surface area contributed by atoms with Crippen molar-refractivity contribution in [2.24, 2.45) is 0 Å². The van der Waals surface area contributed by atoms with Crippen LogP contribution in [0.3, 0.4) is 0 Å². The molecule has 2 aromatic rings. The maximum absolute atomic E-state index is 12.4. The van der Waals surface area contributed by atoms with Crippen LogP contribution in [0.4, 0.5) is 4.79 Å². The van der Waals surface area contributed by atoms with Crippen LogP contribution in [-0.4, -0.2) is 53.0 Å². The van der Waals surface area contributed by atoms with Gasteiger partial charge in [0.2, 0.25) is 0 Å². The number of hydrogen-bond donors (Lipinski definition) is 2. The standard InChI is InChI=1S/C19H26N4O/c24-19(20-13-16-12-15-6-2-3-7-18(15)21-16)23-11-8-17(14-23)22-9-4-1-5-10-22/h2-3,6-7,12,17,21H,1,4-5,8-11,13-14H2,(H,20,24)/t17-/m1/s1. The van der Waals surface area contributed by atoms with Crippen molar-refractivity contribution >= 4 is 16.9 Å². The highest BCUT2D eigenvalue weighted by Gasteiger charge is 2.30. The van der Waals surface area contributed by atoms with Gasteiger partial charge in [-0.15, -0.1) is 0 Å². The molecule has 0 aliphatic carbocycles. The number of hydrogen-bond acceptors (Lipinski definition) is 2. The average Bonchev–Trinajstić information content (AvgIpc) is 3.27. The van der Waals surface area contributed by atoms with Crippen molar-refractivity contribution in [3.05, 3.63) is 36.0 Å². The lowest BCUT2D eigenvalue weighted by atomic mass is 10.1. The number of amides is 2. The SMILES string of the molecule is O=C(NCc1cc2ccccc2[nH]1)N1CC[C@@H](N2CCCCC2)C1. The Labute approximate surface area is 143 Å². The lowest BCUT2D eigenvalue weighted by Crippen LogP contribution is -2.43. The van der Waals surface area contributed by atoms with Crippen LogP contribution in [0.15, 0.2) is 30.3 Å². The molecule has 4 rings (SSSR count). The predicted molar refractivity (Wildman–Crippen MR) is 95.9 cm³/mol. The second-order valence-corrected chi connectivity index (χ2v) is 7.03. The van der Waals surface area contributed by atoms with Gasteiger partial charge in [0.05, 0.1) is 6.54 Å². The van der Waals surface area contributed by atoms with Crippen LogP contribution >= 0.6 is 0 Å². The molecule has 2 saturated heterocycles. The van der Waals surface area contributed by atoms with Crippen LogP contribution in [0.1, 0.15) is 31.4 Å². The third-order valence-corrected chi connectivity index (χ3v) is 5.37. The maximum Gasteiger partial charge on any atom is 0.317 e. The number of fused-ring (bicyclic) bond motifs is 1. The third-order valence-electron chi connectivity index (χ3n) is 5.37. The largest absolute Gasteiger partial charge is 0.357 e. The van der Waals surface area contributed by atoms with E-state index in [2.05, 4.69) is 33.4 Å². The first-order valence-electron chi connectivity index (χ1n) is 9.13. The molecule has 2 amide bonds. The van der Waals surface area contributed by atoms with Gasteiger partial charge in [-0.3, -0.25) is 4.90 Å². The summed E-state index contributed by atoms with van der Waals surface area (Å²) in [5.74, 6) is 0. The first kappa shape index (κ1) is 15.5. The number of urea groups is 1. The van der Waals surface area contributed by atoms with E-state index in [0.717, 1.165) is 30.7 Å². The summed E-state index contributed by atoms with van der Waals surface area (Å²) >= 11 is 0. The Kier molecular flexibility index (Phi) is 4.43. The molecule has 1 atom stereocenters. The summed E-state index contributed by atoms with van der Waals surface area (Å²) in [4.78, 5) is 20.4. The Morgan fingerprint density at radius 2 is 2.00 bits per heavy atom. The quantitative estimate of drug-likeness (QED) is 0.911. The number of aromatic amines is 1. The highest BCUT2D eigenvalue weighted by Crippen LogP contribution is 2.20. The van der Waals surface area contributed by atoms with Gasteiger partial charge in [-0.1, -0.05) is 24.6 Å². The number of carbonyl (C=O) groups excluding carboxylic acids is 1. The minimum absolute atomic E-state index is 0.0631. The molecule has 0 spiro atoms. The number of carbonyl (C=O) groups is 1. The van der Waals surface area contributed by atoms with Gasteiger partial charge in [0.25, 0.3) is 0 Å². The number of rotatable bonds is 3. The van der Waals surface area contributed by atoms with Crippen LogP contribution in [-0.2, 0) is 6.54 Å². The van der Waals surface area contributed by atoms with Gasteiger partial charge in [0.1, 0.15) is 0 Å². The molecular formula is C19H26N4O. The molecule has 1 aromatic heterocycles. The van der Waals surface area contributed by atoms with E-state index in [0.29, 0.717) is 12.6 Å². The summed E-state index contributed by atoms with van der Waals surface area (Å²) in [6, 6.07) is 10.9. The Hall–Kier alpha value is -2.01. The van der Waals surface area contributed by atoms with E-state index >= 15 is 0 Å². The van der Waals surface area contributed by atoms with E-state index in [1.165, 1.54) is 37.7 Å². The van der Waals surface area contributed by atoms with Gasteiger partial charge in [-0.25, -0.2) is 4.79 Å². The molecule has 0 saturated carbocycles. The average molecular weight is 326 g/mol. The minimum atomic E-state index is 0.0631. The monoisotopic (exact) mass is 326 g/mol. The van der Waals surface area contributed by atoms with Crippen molar-refractivity contribution < 1.29 is 4.79 Å². The van der Waals surface area contributed by atoms with Crippen LogP contribution < -0.4 is 5.32 Å². The number of H-pyrrole nitrogens is 1. The number of piperidine rings is 1.